The van der Waals surface area contributed by atoms with Crippen LogP contribution in [-0.2, 0) is 4.79 Å². The van der Waals surface area contributed by atoms with E-state index in [0.717, 1.165) is 0 Å². The summed E-state index contributed by atoms with van der Waals surface area (Å²) in [4.78, 5) is 27.9. The maximum Gasteiger partial charge on any atom is 0.269 e. The summed E-state index contributed by atoms with van der Waals surface area (Å²) in [6.07, 6.45) is -1.08. The average molecular weight is 421 g/mol. The van der Waals surface area contributed by atoms with Crippen molar-refractivity contribution in [2.75, 3.05) is 5.32 Å². The lowest BCUT2D eigenvalue weighted by molar-refractivity contribution is -0.124. The number of carbonyl (C=O) groups excluding carboxylic acids is 2. The van der Waals surface area contributed by atoms with Gasteiger partial charge in [0.25, 0.3) is 11.8 Å². The van der Waals surface area contributed by atoms with Crippen molar-refractivity contribution in [1.82, 2.24) is 10.9 Å². The summed E-state index contributed by atoms with van der Waals surface area (Å²) in [6, 6.07) is 8.27. The van der Waals surface area contributed by atoms with Gasteiger partial charge in [0.05, 0.1) is 17.7 Å². The first kappa shape index (κ1) is 21.5. The van der Waals surface area contributed by atoms with E-state index >= 15 is 0 Å². The van der Waals surface area contributed by atoms with Crippen LogP contribution in [0.5, 0.6) is 0 Å². The number of hydrazine groups is 1. The standard InChI is InChI=1S/C19H18Cl2N4O3/c1-10-14(7-8-15(22-3)16(10)21)23-17(11(2)26)19(28)25-24-18(27)12-5-4-6-13(20)9-12/h4-9,11,17,23,26H,1-2H3,(H,24,27)(H,25,28)/t11-,17+/m0/s1. The molecule has 4 N–H and O–H groups in total. The van der Waals surface area contributed by atoms with Crippen molar-refractivity contribution in [3.8, 4) is 0 Å². The molecule has 9 heteroatoms. The minimum absolute atomic E-state index is 0.263. The van der Waals surface area contributed by atoms with Gasteiger partial charge in [0.1, 0.15) is 6.04 Å². The van der Waals surface area contributed by atoms with Crippen LogP contribution < -0.4 is 16.2 Å². The molecule has 2 rings (SSSR count). The van der Waals surface area contributed by atoms with Crippen LogP contribution >= 0.6 is 23.2 Å². The maximum absolute atomic E-state index is 12.5. The lowest BCUT2D eigenvalue weighted by atomic mass is 10.1. The number of anilines is 1. The Morgan fingerprint density at radius 3 is 2.50 bits per heavy atom. The fraction of sp³-hybridized carbons (Fsp3) is 0.211. The molecule has 0 aliphatic carbocycles. The third-order valence-electron chi connectivity index (χ3n) is 3.95. The number of hydrogen-bond acceptors (Lipinski definition) is 4. The number of aliphatic hydroxyl groups excluding tert-OH is 1. The third-order valence-corrected chi connectivity index (χ3v) is 4.66. The number of nitrogens with zero attached hydrogens (tertiary/aromatic N) is 1. The van der Waals surface area contributed by atoms with Gasteiger partial charge >= 0.3 is 0 Å². The van der Waals surface area contributed by atoms with Gasteiger partial charge in [-0.2, -0.15) is 0 Å². The fourth-order valence-corrected chi connectivity index (χ4v) is 2.78. The van der Waals surface area contributed by atoms with Crippen LogP contribution in [0.2, 0.25) is 10.0 Å². The summed E-state index contributed by atoms with van der Waals surface area (Å²) in [5.41, 5.74) is 6.16. The molecular formula is C19H18Cl2N4O3. The van der Waals surface area contributed by atoms with Gasteiger partial charge in [-0.05, 0) is 43.7 Å². The van der Waals surface area contributed by atoms with E-state index in [-0.39, 0.29) is 16.3 Å². The van der Waals surface area contributed by atoms with Crippen molar-refractivity contribution in [1.29, 1.82) is 0 Å². The average Bonchev–Trinajstić information content (AvgIpc) is 2.66. The van der Waals surface area contributed by atoms with Crippen LogP contribution in [0.4, 0.5) is 11.4 Å². The topological polar surface area (TPSA) is 94.8 Å². The molecule has 2 aromatic carbocycles. The summed E-state index contributed by atoms with van der Waals surface area (Å²) in [5.74, 6) is -1.21. The number of hydrogen-bond donors (Lipinski definition) is 4. The van der Waals surface area contributed by atoms with Gasteiger partial charge < -0.3 is 10.4 Å². The molecule has 0 spiro atoms. The van der Waals surface area contributed by atoms with Crippen LogP contribution in [0.15, 0.2) is 36.4 Å². The molecule has 0 unspecified atom stereocenters. The molecule has 0 bridgehead atoms. The fourth-order valence-electron chi connectivity index (χ4n) is 2.38. The van der Waals surface area contributed by atoms with Gasteiger partial charge in [-0.15, -0.1) is 0 Å². The Morgan fingerprint density at radius 1 is 1.18 bits per heavy atom. The zero-order valence-electron chi connectivity index (χ0n) is 15.1. The molecule has 0 aliphatic rings. The Hall–Kier alpha value is -2.79. The SMILES string of the molecule is [C-]#[N+]c1ccc(N[C@@H](C(=O)NNC(=O)c2cccc(Cl)c2)[C@H](C)O)c(C)c1Cl. The van der Waals surface area contributed by atoms with E-state index in [1.807, 2.05) is 0 Å². The highest BCUT2D eigenvalue weighted by molar-refractivity contribution is 6.34. The molecule has 7 nitrogen and oxygen atoms in total. The normalized spacial score (nSPS) is 12.4. The molecular weight excluding hydrogens is 403 g/mol. The van der Waals surface area contributed by atoms with E-state index in [4.69, 9.17) is 29.8 Å². The molecule has 2 aromatic rings. The lowest BCUT2D eigenvalue weighted by Gasteiger charge is -2.23. The molecule has 146 valence electrons. The number of benzene rings is 2. The van der Waals surface area contributed by atoms with E-state index in [1.54, 1.807) is 31.2 Å². The van der Waals surface area contributed by atoms with E-state index in [9.17, 15) is 14.7 Å². The van der Waals surface area contributed by atoms with Crippen molar-refractivity contribution in [3.05, 3.63) is 69.0 Å². The molecule has 0 fully saturated rings. The Morgan fingerprint density at radius 2 is 1.89 bits per heavy atom. The first-order chi connectivity index (χ1) is 13.2. The lowest BCUT2D eigenvalue weighted by Crippen LogP contribution is -2.52. The monoisotopic (exact) mass is 420 g/mol. The Labute approximate surface area is 172 Å². The Kier molecular flexibility index (Phi) is 7.24. The van der Waals surface area contributed by atoms with Crippen LogP contribution in [-0.4, -0.2) is 29.1 Å². The van der Waals surface area contributed by atoms with Crippen LogP contribution in [0.1, 0.15) is 22.8 Å². The zero-order chi connectivity index (χ0) is 20.8. The summed E-state index contributed by atoms with van der Waals surface area (Å²) < 4.78 is 0. The van der Waals surface area contributed by atoms with Crippen molar-refractivity contribution in [3.63, 3.8) is 0 Å². The molecule has 0 heterocycles. The highest BCUT2D eigenvalue weighted by Gasteiger charge is 2.25. The molecule has 0 radical (unpaired) electrons. The van der Waals surface area contributed by atoms with Gasteiger partial charge in [-0.25, -0.2) is 4.85 Å². The summed E-state index contributed by atoms with van der Waals surface area (Å²) in [7, 11) is 0. The second-order valence-corrected chi connectivity index (χ2v) is 6.81. The molecule has 0 aliphatic heterocycles. The van der Waals surface area contributed by atoms with Crippen LogP contribution in [0.3, 0.4) is 0 Å². The van der Waals surface area contributed by atoms with E-state index < -0.39 is 24.0 Å². The highest BCUT2D eigenvalue weighted by Crippen LogP contribution is 2.33. The smallest absolute Gasteiger partial charge is 0.269 e. The highest BCUT2D eigenvalue weighted by atomic mass is 35.5. The number of carbonyl (C=O) groups is 2. The number of nitrogens with one attached hydrogen (secondary N) is 3. The third kappa shape index (κ3) is 5.14. The van der Waals surface area contributed by atoms with Crippen LogP contribution in [0, 0.1) is 13.5 Å². The molecule has 0 saturated carbocycles. The van der Waals surface area contributed by atoms with E-state index in [1.165, 1.54) is 19.1 Å². The van der Waals surface area contributed by atoms with Gasteiger partial charge in [-0.1, -0.05) is 35.3 Å². The second kappa shape index (κ2) is 9.42. The predicted molar refractivity (Wildman–Crippen MR) is 109 cm³/mol. The Bertz CT molecular complexity index is 941. The predicted octanol–water partition coefficient (Wildman–Crippen LogP) is 3.48. The van der Waals surface area contributed by atoms with Gasteiger partial charge in [0.15, 0.2) is 0 Å². The minimum atomic E-state index is -1.08. The number of aliphatic hydroxyl groups is 1. The van der Waals surface area contributed by atoms with Crippen LogP contribution in [0.25, 0.3) is 4.85 Å². The quantitative estimate of drug-likeness (QED) is 0.439. The van der Waals surface area contributed by atoms with E-state index in [2.05, 4.69) is 21.0 Å². The molecule has 2 atom stereocenters. The first-order valence-corrected chi connectivity index (χ1v) is 8.97. The van der Waals surface area contributed by atoms with E-state index in [0.29, 0.717) is 16.3 Å². The Balaban J connectivity index is 2.09. The van der Waals surface area contributed by atoms with Crippen molar-refractivity contribution in [2.24, 2.45) is 0 Å². The number of amides is 2. The molecule has 0 saturated heterocycles. The summed E-state index contributed by atoms with van der Waals surface area (Å²) >= 11 is 12.0. The molecule has 2 amide bonds. The second-order valence-electron chi connectivity index (χ2n) is 6.00. The molecule has 28 heavy (non-hydrogen) atoms. The van der Waals surface area contributed by atoms with Crippen molar-refractivity contribution in [2.45, 2.75) is 26.0 Å². The number of rotatable bonds is 5. The number of halogens is 2. The molecule has 0 aromatic heterocycles. The zero-order valence-corrected chi connectivity index (χ0v) is 16.6. The van der Waals surface area contributed by atoms with Gasteiger partial charge in [-0.3, -0.25) is 20.4 Å². The van der Waals surface area contributed by atoms with Gasteiger partial charge in [0.2, 0.25) is 5.69 Å². The van der Waals surface area contributed by atoms with Gasteiger partial charge in [0, 0.05) is 16.3 Å². The maximum atomic E-state index is 12.5. The first-order valence-electron chi connectivity index (χ1n) is 8.21. The van der Waals surface area contributed by atoms with Crippen molar-refractivity contribution < 1.29 is 14.7 Å². The largest absolute Gasteiger partial charge is 0.391 e. The minimum Gasteiger partial charge on any atom is -0.391 e. The van der Waals surface area contributed by atoms with Crippen molar-refractivity contribution >= 4 is 46.4 Å². The summed E-state index contributed by atoms with van der Waals surface area (Å²) in [5, 5.41) is 13.5. The summed E-state index contributed by atoms with van der Waals surface area (Å²) in [6.45, 7) is 10.2.